The Bertz CT molecular complexity index is 839. The molecule has 0 saturated heterocycles. The minimum atomic E-state index is -3.80. The Morgan fingerprint density at radius 2 is 1.88 bits per heavy atom. The molecule has 128 valence electrons. The first-order chi connectivity index (χ1) is 11.3. The van der Waals surface area contributed by atoms with E-state index in [1.54, 1.807) is 6.92 Å². The fourth-order valence-electron chi connectivity index (χ4n) is 1.96. The molecule has 0 atom stereocenters. The largest absolute Gasteiger partial charge is 0.481 e. The highest BCUT2D eigenvalue weighted by Crippen LogP contribution is 2.17. The highest BCUT2D eigenvalue weighted by atomic mass is 32.2. The Morgan fingerprint density at radius 1 is 1.21 bits per heavy atom. The number of hydrogen-bond donors (Lipinski definition) is 2. The lowest BCUT2D eigenvalue weighted by molar-refractivity contribution is -0.138. The van der Waals surface area contributed by atoms with E-state index in [-0.39, 0.29) is 35.8 Å². The van der Waals surface area contributed by atoms with Gasteiger partial charge in [0.2, 0.25) is 0 Å². The number of nitrogens with zero attached hydrogens (tertiary/aromatic N) is 1. The molecule has 0 aliphatic rings. The van der Waals surface area contributed by atoms with Gasteiger partial charge in [0.1, 0.15) is 11.5 Å². The summed E-state index contributed by atoms with van der Waals surface area (Å²) in [6, 6.07) is 7.22. The zero-order chi connectivity index (χ0) is 17.7. The zero-order valence-electron chi connectivity index (χ0n) is 12.9. The number of ketones is 1. The first kappa shape index (κ1) is 17.7. The summed E-state index contributed by atoms with van der Waals surface area (Å²) in [7, 11) is -3.80. The summed E-state index contributed by atoms with van der Waals surface area (Å²) in [5, 5.41) is 12.1. The molecule has 24 heavy (non-hydrogen) atoms. The van der Waals surface area contributed by atoms with E-state index in [0.29, 0.717) is 11.3 Å². The van der Waals surface area contributed by atoms with Gasteiger partial charge < -0.3 is 9.63 Å². The van der Waals surface area contributed by atoms with E-state index in [4.69, 9.17) is 9.63 Å². The third-order valence-corrected chi connectivity index (χ3v) is 4.49. The van der Waals surface area contributed by atoms with Gasteiger partial charge in [-0.25, -0.2) is 8.42 Å². The number of Topliss-reactive ketones (excluding diaryl/α,β-unsaturated/α-hetero) is 1. The molecular formula is C15H16N2O6S. The number of carbonyl (C=O) groups excluding carboxylic acids is 1. The van der Waals surface area contributed by atoms with Gasteiger partial charge in [-0.3, -0.25) is 14.3 Å². The van der Waals surface area contributed by atoms with Crippen molar-refractivity contribution >= 4 is 27.6 Å². The molecule has 2 rings (SSSR count). The number of nitrogens with one attached hydrogen (secondary N) is 1. The van der Waals surface area contributed by atoms with Crippen molar-refractivity contribution in [2.45, 2.75) is 31.1 Å². The van der Waals surface area contributed by atoms with Crippen molar-refractivity contribution in [1.29, 1.82) is 0 Å². The van der Waals surface area contributed by atoms with Crippen molar-refractivity contribution in [1.82, 2.24) is 5.16 Å². The highest BCUT2D eigenvalue weighted by molar-refractivity contribution is 7.92. The second-order valence-electron chi connectivity index (χ2n) is 5.18. The van der Waals surface area contributed by atoms with Crippen LogP contribution in [0.3, 0.4) is 0 Å². The molecule has 0 fully saturated rings. The summed E-state index contributed by atoms with van der Waals surface area (Å²) >= 11 is 0. The summed E-state index contributed by atoms with van der Waals surface area (Å²) in [5.74, 6) is -0.688. The molecule has 0 bridgehead atoms. The minimum Gasteiger partial charge on any atom is -0.481 e. The first-order valence-electron chi connectivity index (χ1n) is 7.05. The lowest BCUT2D eigenvalue weighted by Gasteiger charge is -2.06. The second kappa shape index (κ2) is 7.26. The Balaban J connectivity index is 2.02. The number of carboxylic acids is 1. The number of hydrogen-bond acceptors (Lipinski definition) is 6. The quantitative estimate of drug-likeness (QED) is 0.741. The third kappa shape index (κ3) is 4.92. The predicted molar refractivity (Wildman–Crippen MR) is 84.1 cm³/mol. The number of carbonyl (C=O) groups is 2. The number of benzene rings is 1. The molecule has 2 N–H and O–H groups in total. The van der Waals surface area contributed by atoms with E-state index in [1.165, 1.54) is 30.3 Å². The number of rotatable bonds is 8. The standard InChI is InChI=1S/C15H16N2O6S/c1-10-8-14(16-23-10)17-24(21,22)13-5-2-11(3-6-13)9-12(18)4-7-15(19)20/h2-3,5-6,8H,4,7,9H2,1H3,(H,16,17)(H,19,20). The lowest BCUT2D eigenvalue weighted by atomic mass is 10.1. The second-order valence-corrected chi connectivity index (χ2v) is 6.86. The summed E-state index contributed by atoms with van der Waals surface area (Å²) in [5.41, 5.74) is 0.613. The van der Waals surface area contributed by atoms with Gasteiger partial charge in [0.05, 0.1) is 11.3 Å². The van der Waals surface area contributed by atoms with Gasteiger partial charge in [-0.2, -0.15) is 0 Å². The maximum absolute atomic E-state index is 12.2. The van der Waals surface area contributed by atoms with Gasteiger partial charge in [-0.1, -0.05) is 17.3 Å². The number of aliphatic carboxylic acids is 1. The Morgan fingerprint density at radius 3 is 2.42 bits per heavy atom. The molecule has 1 aromatic carbocycles. The number of aromatic nitrogens is 1. The van der Waals surface area contributed by atoms with Gasteiger partial charge in [-0.05, 0) is 24.6 Å². The van der Waals surface area contributed by atoms with Crippen LogP contribution in [0, 0.1) is 6.92 Å². The molecule has 9 heteroatoms. The summed E-state index contributed by atoms with van der Waals surface area (Å²) in [6.45, 7) is 1.64. The van der Waals surface area contributed by atoms with Crippen LogP contribution in [0.5, 0.6) is 0 Å². The molecule has 1 heterocycles. The number of aryl methyl sites for hydroxylation is 1. The maximum atomic E-state index is 12.2. The monoisotopic (exact) mass is 352 g/mol. The number of sulfonamides is 1. The van der Waals surface area contributed by atoms with E-state index < -0.39 is 16.0 Å². The van der Waals surface area contributed by atoms with Crippen LogP contribution in [0.15, 0.2) is 39.8 Å². The van der Waals surface area contributed by atoms with Crippen LogP contribution in [0.25, 0.3) is 0 Å². The van der Waals surface area contributed by atoms with E-state index in [1.807, 2.05) is 0 Å². The van der Waals surface area contributed by atoms with Crippen LogP contribution in [-0.4, -0.2) is 30.4 Å². The van der Waals surface area contributed by atoms with E-state index >= 15 is 0 Å². The predicted octanol–water partition coefficient (Wildman–Crippen LogP) is 1.76. The normalized spacial score (nSPS) is 11.2. The van der Waals surface area contributed by atoms with Crippen molar-refractivity contribution in [2.24, 2.45) is 0 Å². The fraction of sp³-hybridized carbons (Fsp3) is 0.267. The van der Waals surface area contributed by atoms with Crippen LogP contribution >= 0.6 is 0 Å². The smallest absolute Gasteiger partial charge is 0.303 e. The molecule has 0 spiro atoms. The molecule has 0 unspecified atom stereocenters. The van der Waals surface area contributed by atoms with Gasteiger partial charge in [0.15, 0.2) is 5.82 Å². The molecule has 2 aromatic rings. The summed E-state index contributed by atoms with van der Waals surface area (Å²) in [4.78, 5) is 22.1. The van der Waals surface area contributed by atoms with Crippen LogP contribution in [0.2, 0.25) is 0 Å². The maximum Gasteiger partial charge on any atom is 0.303 e. The molecule has 0 aliphatic heterocycles. The van der Waals surface area contributed by atoms with Crippen LogP contribution < -0.4 is 4.72 Å². The van der Waals surface area contributed by atoms with E-state index in [2.05, 4.69) is 9.88 Å². The van der Waals surface area contributed by atoms with Gasteiger partial charge >= 0.3 is 5.97 Å². The van der Waals surface area contributed by atoms with E-state index in [0.717, 1.165) is 0 Å². The fourth-order valence-corrected chi connectivity index (χ4v) is 2.94. The molecule has 0 radical (unpaired) electrons. The summed E-state index contributed by atoms with van der Waals surface area (Å²) in [6.07, 6.45) is -0.210. The average Bonchev–Trinajstić information content (AvgIpc) is 2.90. The lowest BCUT2D eigenvalue weighted by Crippen LogP contribution is -2.13. The molecular weight excluding hydrogens is 336 g/mol. The molecule has 1 aromatic heterocycles. The van der Waals surface area contributed by atoms with Crippen LogP contribution in [0.4, 0.5) is 5.82 Å². The van der Waals surface area contributed by atoms with Gasteiger partial charge in [-0.15, -0.1) is 0 Å². The summed E-state index contributed by atoms with van der Waals surface area (Å²) < 4.78 is 31.5. The SMILES string of the molecule is Cc1cc(NS(=O)(=O)c2ccc(CC(=O)CCC(=O)O)cc2)no1. The Hall–Kier alpha value is -2.68. The molecule has 0 aliphatic carbocycles. The Kier molecular flexibility index (Phi) is 5.35. The number of carboxylic acid groups (broad SMARTS) is 1. The first-order valence-corrected chi connectivity index (χ1v) is 8.53. The third-order valence-electron chi connectivity index (χ3n) is 3.12. The van der Waals surface area contributed by atoms with Crippen LogP contribution in [0.1, 0.15) is 24.2 Å². The average molecular weight is 352 g/mol. The van der Waals surface area contributed by atoms with Gasteiger partial charge in [0.25, 0.3) is 10.0 Å². The minimum absolute atomic E-state index is 0.0184. The van der Waals surface area contributed by atoms with Gasteiger partial charge in [0, 0.05) is 18.9 Å². The molecule has 8 nitrogen and oxygen atoms in total. The molecule has 0 saturated carbocycles. The topological polar surface area (TPSA) is 127 Å². The number of anilines is 1. The zero-order valence-corrected chi connectivity index (χ0v) is 13.7. The van der Waals surface area contributed by atoms with Crippen molar-refractivity contribution in [3.05, 3.63) is 41.7 Å². The van der Waals surface area contributed by atoms with Crippen molar-refractivity contribution in [2.75, 3.05) is 4.72 Å². The van der Waals surface area contributed by atoms with Crippen LogP contribution in [-0.2, 0) is 26.0 Å². The van der Waals surface area contributed by atoms with Crippen molar-refractivity contribution < 1.29 is 27.6 Å². The molecule has 0 amide bonds. The van der Waals surface area contributed by atoms with Crippen molar-refractivity contribution in [3.8, 4) is 0 Å². The Labute approximate surface area is 138 Å². The van der Waals surface area contributed by atoms with Crippen molar-refractivity contribution in [3.63, 3.8) is 0 Å². The highest BCUT2D eigenvalue weighted by Gasteiger charge is 2.16. The van der Waals surface area contributed by atoms with E-state index in [9.17, 15) is 18.0 Å².